The zero-order valence-corrected chi connectivity index (χ0v) is 13.4. The molecule has 0 radical (unpaired) electrons. The van der Waals surface area contributed by atoms with Gasteiger partial charge in [-0.15, -0.1) is 11.3 Å². The van der Waals surface area contributed by atoms with Gasteiger partial charge in [0.15, 0.2) is 0 Å². The third-order valence-corrected chi connectivity index (χ3v) is 5.66. The minimum Gasteiger partial charge on any atom is -0.317 e. The zero-order valence-electron chi connectivity index (χ0n) is 12.6. The molecule has 2 fully saturated rings. The Labute approximate surface area is 125 Å². The average Bonchev–Trinajstić information content (AvgIpc) is 3.01. The normalized spacial score (nSPS) is 25.4. The van der Waals surface area contributed by atoms with E-state index in [0.717, 1.165) is 32.1 Å². The van der Waals surface area contributed by atoms with Crippen molar-refractivity contribution in [1.29, 1.82) is 0 Å². The van der Waals surface area contributed by atoms with Crippen molar-refractivity contribution < 1.29 is 4.79 Å². The predicted octanol–water partition coefficient (Wildman–Crippen LogP) is 3.60. The van der Waals surface area contributed by atoms with E-state index in [9.17, 15) is 4.79 Å². The minimum absolute atomic E-state index is 0.0974. The zero-order chi connectivity index (χ0) is 14.3. The van der Waals surface area contributed by atoms with Gasteiger partial charge in [-0.2, -0.15) is 0 Å². The molecule has 1 saturated carbocycles. The summed E-state index contributed by atoms with van der Waals surface area (Å²) in [5, 5.41) is 3.63. The summed E-state index contributed by atoms with van der Waals surface area (Å²) < 4.78 is 0. The SMILES string of the molecule is CCCC(CC)N1C(=O)C2(CC2)NC1c1ccc(C)s1. The molecule has 3 rings (SSSR count). The quantitative estimate of drug-likeness (QED) is 0.899. The van der Waals surface area contributed by atoms with Gasteiger partial charge in [0.2, 0.25) is 5.91 Å². The summed E-state index contributed by atoms with van der Waals surface area (Å²) in [5.41, 5.74) is -0.219. The highest BCUT2D eigenvalue weighted by molar-refractivity contribution is 7.12. The van der Waals surface area contributed by atoms with Crippen LogP contribution in [0.1, 0.15) is 61.9 Å². The highest BCUT2D eigenvalue weighted by Crippen LogP contribution is 2.48. The summed E-state index contributed by atoms with van der Waals surface area (Å²) in [6, 6.07) is 4.70. The van der Waals surface area contributed by atoms with Crippen LogP contribution >= 0.6 is 11.3 Å². The molecule has 20 heavy (non-hydrogen) atoms. The molecular weight excluding hydrogens is 268 g/mol. The first kappa shape index (κ1) is 14.1. The van der Waals surface area contributed by atoms with E-state index in [1.807, 2.05) is 11.3 Å². The van der Waals surface area contributed by atoms with Crippen molar-refractivity contribution >= 4 is 17.2 Å². The van der Waals surface area contributed by atoms with Crippen LogP contribution in [0.25, 0.3) is 0 Å². The number of amides is 1. The first-order valence-corrected chi connectivity index (χ1v) is 8.59. The van der Waals surface area contributed by atoms with Crippen molar-refractivity contribution in [3.05, 3.63) is 21.9 Å². The van der Waals surface area contributed by atoms with Crippen LogP contribution in [-0.2, 0) is 4.79 Å². The van der Waals surface area contributed by atoms with E-state index >= 15 is 0 Å². The Hall–Kier alpha value is -0.870. The Morgan fingerprint density at radius 1 is 1.45 bits per heavy atom. The maximum Gasteiger partial charge on any atom is 0.244 e. The molecule has 1 aliphatic carbocycles. The molecule has 2 unspecified atom stereocenters. The van der Waals surface area contributed by atoms with Crippen molar-refractivity contribution in [2.24, 2.45) is 0 Å². The topological polar surface area (TPSA) is 32.3 Å². The van der Waals surface area contributed by atoms with Crippen molar-refractivity contribution in [1.82, 2.24) is 10.2 Å². The lowest BCUT2D eigenvalue weighted by molar-refractivity contribution is -0.133. The van der Waals surface area contributed by atoms with Crippen LogP contribution < -0.4 is 5.32 Å². The fraction of sp³-hybridized carbons (Fsp3) is 0.688. The second-order valence-corrected chi connectivity index (χ2v) is 7.46. The molecular formula is C16H24N2OS. The number of carbonyl (C=O) groups excluding carboxylic acids is 1. The van der Waals surface area contributed by atoms with Gasteiger partial charge in [0.1, 0.15) is 11.7 Å². The molecule has 4 heteroatoms. The third-order valence-electron chi connectivity index (χ3n) is 4.60. The van der Waals surface area contributed by atoms with Crippen LogP contribution in [0, 0.1) is 6.92 Å². The van der Waals surface area contributed by atoms with Gasteiger partial charge in [-0.05, 0) is 44.7 Å². The number of thiophene rings is 1. The third kappa shape index (κ3) is 2.19. The fourth-order valence-corrected chi connectivity index (χ4v) is 4.23. The number of hydrogen-bond donors (Lipinski definition) is 1. The number of nitrogens with one attached hydrogen (secondary N) is 1. The maximum absolute atomic E-state index is 12.8. The standard InChI is InChI=1S/C16H24N2OS/c1-4-6-12(5-2)18-14(13-8-7-11(3)20-13)17-16(9-10-16)15(18)19/h7-8,12,14,17H,4-6,9-10H2,1-3H3. The molecule has 3 nitrogen and oxygen atoms in total. The van der Waals surface area contributed by atoms with Gasteiger partial charge in [0, 0.05) is 15.8 Å². The largest absolute Gasteiger partial charge is 0.317 e. The summed E-state index contributed by atoms with van der Waals surface area (Å²) in [4.78, 5) is 17.6. The second kappa shape index (κ2) is 5.15. The number of nitrogens with zero attached hydrogens (tertiary/aromatic N) is 1. The lowest BCUT2D eigenvalue weighted by Gasteiger charge is -2.31. The molecule has 1 saturated heterocycles. The van der Waals surface area contributed by atoms with Crippen LogP contribution in [0.3, 0.4) is 0 Å². The molecule has 1 N–H and O–H groups in total. The molecule has 0 bridgehead atoms. The van der Waals surface area contributed by atoms with E-state index in [1.165, 1.54) is 9.75 Å². The van der Waals surface area contributed by atoms with E-state index in [0.29, 0.717) is 11.9 Å². The molecule has 2 atom stereocenters. The fourth-order valence-electron chi connectivity index (χ4n) is 3.30. The molecule has 1 aromatic rings. The van der Waals surface area contributed by atoms with Crippen LogP contribution in [0.15, 0.2) is 12.1 Å². The van der Waals surface area contributed by atoms with Crippen LogP contribution in [0.2, 0.25) is 0 Å². The number of carbonyl (C=O) groups is 1. The van der Waals surface area contributed by atoms with Crippen LogP contribution in [0.4, 0.5) is 0 Å². The average molecular weight is 292 g/mol. The van der Waals surface area contributed by atoms with Gasteiger partial charge in [0.05, 0.1) is 0 Å². The summed E-state index contributed by atoms with van der Waals surface area (Å²) in [5.74, 6) is 0.342. The Morgan fingerprint density at radius 2 is 2.20 bits per heavy atom. The van der Waals surface area contributed by atoms with E-state index < -0.39 is 0 Å². The van der Waals surface area contributed by atoms with Crippen LogP contribution in [-0.4, -0.2) is 22.4 Å². The van der Waals surface area contributed by atoms with Gasteiger partial charge < -0.3 is 4.90 Å². The van der Waals surface area contributed by atoms with Gasteiger partial charge in [-0.1, -0.05) is 20.3 Å². The molecule has 110 valence electrons. The first-order valence-electron chi connectivity index (χ1n) is 7.78. The van der Waals surface area contributed by atoms with E-state index in [-0.39, 0.29) is 11.7 Å². The lowest BCUT2D eigenvalue weighted by atomic mass is 10.1. The van der Waals surface area contributed by atoms with Crippen LogP contribution in [0.5, 0.6) is 0 Å². The highest BCUT2D eigenvalue weighted by Gasteiger charge is 2.60. The molecule has 1 amide bonds. The maximum atomic E-state index is 12.8. The van der Waals surface area contributed by atoms with Gasteiger partial charge in [-0.25, -0.2) is 0 Å². The molecule has 2 heterocycles. The Balaban J connectivity index is 1.91. The summed E-state index contributed by atoms with van der Waals surface area (Å²) in [6.07, 6.45) is 5.38. The van der Waals surface area contributed by atoms with Gasteiger partial charge in [0.25, 0.3) is 0 Å². The molecule has 0 aromatic carbocycles. The van der Waals surface area contributed by atoms with Gasteiger partial charge in [-0.3, -0.25) is 10.1 Å². The lowest BCUT2D eigenvalue weighted by Crippen LogP contribution is -2.40. The Kier molecular flexibility index (Phi) is 3.63. The Morgan fingerprint density at radius 3 is 2.70 bits per heavy atom. The van der Waals surface area contributed by atoms with Crippen molar-refractivity contribution in [3.8, 4) is 0 Å². The summed E-state index contributed by atoms with van der Waals surface area (Å²) in [6.45, 7) is 6.53. The van der Waals surface area contributed by atoms with Crippen molar-refractivity contribution in [2.75, 3.05) is 0 Å². The minimum atomic E-state index is -0.219. The molecule has 1 aliphatic heterocycles. The molecule has 2 aliphatic rings. The van der Waals surface area contributed by atoms with Crippen molar-refractivity contribution in [3.63, 3.8) is 0 Å². The smallest absolute Gasteiger partial charge is 0.244 e. The van der Waals surface area contributed by atoms with Crippen molar-refractivity contribution in [2.45, 2.75) is 70.6 Å². The number of rotatable bonds is 5. The summed E-state index contributed by atoms with van der Waals surface area (Å²) in [7, 11) is 0. The number of aryl methyl sites for hydroxylation is 1. The van der Waals surface area contributed by atoms with Gasteiger partial charge >= 0.3 is 0 Å². The molecule has 1 aromatic heterocycles. The summed E-state index contributed by atoms with van der Waals surface area (Å²) >= 11 is 1.81. The predicted molar refractivity (Wildman–Crippen MR) is 82.7 cm³/mol. The second-order valence-electron chi connectivity index (χ2n) is 6.14. The highest BCUT2D eigenvalue weighted by atomic mass is 32.1. The molecule has 1 spiro atoms. The van der Waals surface area contributed by atoms with E-state index in [2.05, 4.69) is 43.1 Å². The first-order chi connectivity index (χ1) is 9.61. The van der Waals surface area contributed by atoms with E-state index in [4.69, 9.17) is 0 Å². The Bertz CT molecular complexity index is 506. The van der Waals surface area contributed by atoms with E-state index in [1.54, 1.807) is 0 Å². The monoisotopic (exact) mass is 292 g/mol. The number of hydrogen-bond acceptors (Lipinski definition) is 3.